The van der Waals surface area contributed by atoms with E-state index in [9.17, 15) is 4.79 Å². The van der Waals surface area contributed by atoms with Crippen LogP contribution in [-0.2, 0) is 9.53 Å². The van der Waals surface area contributed by atoms with Gasteiger partial charge in [-0.2, -0.15) is 10.1 Å². The lowest BCUT2D eigenvalue weighted by Gasteiger charge is -2.34. The van der Waals surface area contributed by atoms with Crippen LogP contribution in [0.2, 0.25) is 0 Å². The van der Waals surface area contributed by atoms with Crippen molar-refractivity contribution in [3.63, 3.8) is 0 Å². The molecule has 2 aromatic carbocycles. The molecule has 2 aliphatic rings. The molecule has 0 spiro atoms. The third-order valence-electron chi connectivity index (χ3n) is 7.44. The predicted molar refractivity (Wildman–Crippen MR) is 158 cm³/mol. The fourth-order valence-electron chi connectivity index (χ4n) is 5.24. The molecule has 1 unspecified atom stereocenters. The van der Waals surface area contributed by atoms with Crippen LogP contribution in [0.3, 0.4) is 0 Å². The van der Waals surface area contributed by atoms with Gasteiger partial charge in [0.2, 0.25) is 11.9 Å². The van der Waals surface area contributed by atoms with Gasteiger partial charge in [-0.25, -0.2) is 9.67 Å². The van der Waals surface area contributed by atoms with E-state index in [0.29, 0.717) is 23.9 Å². The van der Waals surface area contributed by atoms with E-state index >= 15 is 0 Å². The summed E-state index contributed by atoms with van der Waals surface area (Å²) in [4.78, 5) is 26.6. The van der Waals surface area contributed by atoms with Gasteiger partial charge < -0.3 is 25.2 Å². The zero-order valence-electron chi connectivity index (χ0n) is 22.7. The molecule has 4 heterocycles. The van der Waals surface area contributed by atoms with Crippen molar-refractivity contribution in [1.82, 2.24) is 24.6 Å². The zero-order valence-corrected chi connectivity index (χ0v) is 22.7. The van der Waals surface area contributed by atoms with E-state index in [1.165, 1.54) is 11.8 Å². The first-order chi connectivity index (χ1) is 19.6. The number of piperazine rings is 1. The molecule has 2 N–H and O–H groups in total. The topological polar surface area (TPSA) is 100 Å². The van der Waals surface area contributed by atoms with Crippen LogP contribution in [0.5, 0.6) is 0 Å². The van der Waals surface area contributed by atoms with Crippen molar-refractivity contribution >= 4 is 40.0 Å². The molecular weight excluding hydrogens is 504 g/mol. The number of carbonyl (C=O) groups excluding carboxylic acids is 1. The van der Waals surface area contributed by atoms with E-state index in [1.807, 2.05) is 35.0 Å². The third kappa shape index (κ3) is 5.54. The summed E-state index contributed by atoms with van der Waals surface area (Å²) in [6.07, 6.45) is 5.90. The van der Waals surface area contributed by atoms with Gasteiger partial charge in [0.15, 0.2) is 11.9 Å². The molecular formula is C30H34N8O2. The number of hydrogen-bond acceptors (Lipinski definition) is 8. The Labute approximate surface area is 233 Å². The molecule has 40 heavy (non-hydrogen) atoms. The highest BCUT2D eigenvalue weighted by atomic mass is 16.5. The Morgan fingerprint density at radius 3 is 2.67 bits per heavy atom. The molecule has 0 bridgehead atoms. The standard InChI is InChI=1S/C30H34N8O2/c1-3-26(39)32-22-9-6-8-21(18-22)28-25-20-31-38(27-12-4-5-17-40-27)29(25)35-30(34-28)33-23-10-7-11-24(19-23)37-15-13-36(2)14-16-37/h3,6-11,18-20,27H,1,4-5,12-17H2,2H3,(H,32,39)(H,33,34,35). The van der Waals surface area contributed by atoms with Crippen molar-refractivity contribution in [1.29, 1.82) is 0 Å². The van der Waals surface area contributed by atoms with Crippen molar-refractivity contribution in [3.05, 3.63) is 67.4 Å². The smallest absolute Gasteiger partial charge is 0.247 e. The van der Waals surface area contributed by atoms with Crippen molar-refractivity contribution in [3.8, 4) is 11.3 Å². The lowest BCUT2D eigenvalue weighted by Crippen LogP contribution is -2.44. The van der Waals surface area contributed by atoms with E-state index < -0.39 is 0 Å². The molecule has 0 radical (unpaired) electrons. The van der Waals surface area contributed by atoms with Crippen LogP contribution in [0.1, 0.15) is 25.5 Å². The molecule has 2 aromatic heterocycles. The monoisotopic (exact) mass is 538 g/mol. The second-order valence-corrected chi connectivity index (χ2v) is 10.3. The molecule has 6 rings (SSSR count). The van der Waals surface area contributed by atoms with Gasteiger partial charge in [-0.1, -0.05) is 24.8 Å². The van der Waals surface area contributed by atoms with Crippen molar-refractivity contribution in [2.24, 2.45) is 0 Å². The zero-order chi connectivity index (χ0) is 27.5. The third-order valence-corrected chi connectivity index (χ3v) is 7.44. The Balaban J connectivity index is 1.39. The number of nitrogens with zero attached hydrogens (tertiary/aromatic N) is 6. The van der Waals surface area contributed by atoms with Crippen molar-refractivity contribution in [2.75, 3.05) is 55.4 Å². The van der Waals surface area contributed by atoms with Gasteiger partial charge in [0.25, 0.3) is 0 Å². The maximum absolute atomic E-state index is 11.9. The molecule has 2 aliphatic heterocycles. The number of carbonyl (C=O) groups is 1. The SMILES string of the molecule is C=CC(=O)Nc1cccc(-c2nc(Nc3cccc(N4CCN(C)CC4)c3)nc3c2cnn3C2CCCCO2)c1. The normalized spacial score (nSPS) is 18.0. The highest BCUT2D eigenvalue weighted by molar-refractivity contribution is 6.00. The Bertz CT molecular complexity index is 1520. The van der Waals surface area contributed by atoms with Gasteiger partial charge in [-0.05, 0) is 62.7 Å². The lowest BCUT2D eigenvalue weighted by molar-refractivity contribution is -0.111. The van der Waals surface area contributed by atoms with Crippen LogP contribution >= 0.6 is 0 Å². The molecule has 0 aliphatic carbocycles. The number of fused-ring (bicyclic) bond motifs is 1. The summed E-state index contributed by atoms with van der Waals surface area (Å²) >= 11 is 0. The fraction of sp³-hybridized carbons (Fsp3) is 0.333. The average Bonchev–Trinajstić information content (AvgIpc) is 3.42. The van der Waals surface area contributed by atoms with Gasteiger partial charge in [0.1, 0.15) is 0 Å². The number of benzene rings is 2. The second kappa shape index (κ2) is 11.4. The molecule has 2 fully saturated rings. The average molecular weight is 539 g/mol. The van der Waals surface area contributed by atoms with Crippen LogP contribution in [0.4, 0.5) is 23.0 Å². The summed E-state index contributed by atoms with van der Waals surface area (Å²) in [7, 11) is 2.16. The lowest BCUT2D eigenvalue weighted by atomic mass is 10.1. The number of anilines is 4. The summed E-state index contributed by atoms with van der Waals surface area (Å²) in [6.45, 7) is 8.32. The number of likely N-dealkylation sites (N-methyl/N-ethyl adjacent to an activating group) is 1. The Morgan fingerprint density at radius 2 is 1.88 bits per heavy atom. The number of ether oxygens (including phenoxy) is 1. The molecule has 10 heteroatoms. The van der Waals surface area contributed by atoms with Gasteiger partial charge >= 0.3 is 0 Å². The van der Waals surface area contributed by atoms with Crippen molar-refractivity contribution < 1.29 is 9.53 Å². The Kier molecular flexibility index (Phi) is 7.43. The van der Waals surface area contributed by atoms with Crippen molar-refractivity contribution in [2.45, 2.75) is 25.5 Å². The number of rotatable bonds is 7. The van der Waals surface area contributed by atoms with Gasteiger partial charge in [0.05, 0.1) is 17.3 Å². The molecule has 0 saturated carbocycles. The van der Waals surface area contributed by atoms with E-state index in [0.717, 1.165) is 67.8 Å². The molecule has 1 amide bonds. The van der Waals surface area contributed by atoms with E-state index in [4.69, 9.17) is 14.7 Å². The maximum Gasteiger partial charge on any atom is 0.247 e. The summed E-state index contributed by atoms with van der Waals surface area (Å²) in [5.74, 6) is 0.200. The minimum Gasteiger partial charge on any atom is -0.369 e. The molecule has 206 valence electrons. The largest absolute Gasteiger partial charge is 0.369 e. The molecule has 4 aromatic rings. The summed E-state index contributed by atoms with van der Waals surface area (Å²) in [6, 6.07) is 16.0. The number of hydrogen-bond donors (Lipinski definition) is 2. The summed E-state index contributed by atoms with van der Waals surface area (Å²) in [5, 5.41) is 11.8. The van der Waals surface area contributed by atoms with Crippen LogP contribution in [0.25, 0.3) is 22.3 Å². The van der Waals surface area contributed by atoms with Crippen LogP contribution in [0.15, 0.2) is 67.4 Å². The summed E-state index contributed by atoms with van der Waals surface area (Å²) < 4.78 is 7.92. The number of nitrogens with one attached hydrogen (secondary N) is 2. The van der Waals surface area contributed by atoms with Gasteiger partial charge in [-0.15, -0.1) is 0 Å². The first-order valence-corrected chi connectivity index (χ1v) is 13.8. The summed E-state index contributed by atoms with van der Waals surface area (Å²) in [5.41, 5.74) is 5.01. The van der Waals surface area contributed by atoms with E-state index in [-0.39, 0.29) is 12.1 Å². The second-order valence-electron chi connectivity index (χ2n) is 10.3. The minimum atomic E-state index is -0.269. The van der Waals surface area contributed by atoms with E-state index in [2.05, 4.69) is 57.4 Å². The van der Waals surface area contributed by atoms with Gasteiger partial charge in [-0.3, -0.25) is 4.79 Å². The van der Waals surface area contributed by atoms with Crippen LogP contribution in [-0.4, -0.2) is 70.4 Å². The Morgan fingerprint density at radius 1 is 1.05 bits per heavy atom. The first kappa shape index (κ1) is 26.0. The van der Waals surface area contributed by atoms with Crippen LogP contribution < -0.4 is 15.5 Å². The quantitative estimate of drug-likeness (QED) is 0.323. The van der Waals surface area contributed by atoms with Crippen LogP contribution in [0, 0.1) is 0 Å². The van der Waals surface area contributed by atoms with Gasteiger partial charge in [0, 0.05) is 55.4 Å². The Hall–Kier alpha value is -4.28. The fourth-order valence-corrected chi connectivity index (χ4v) is 5.24. The minimum absolute atomic E-state index is 0.166. The molecule has 10 nitrogen and oxygen atoms in total. The number of aromatic nitrogens is 4. The van der Waals surface area contributed by atoms with E-state index in [1.54, 1.807) is 6.20 Å². The maximum atomic E-state index is 11.9. The predicted octanol–water partition coefficient (Wildman–Crippen LogP) is 4.81. The highest BCUT2D eigenvalue weighted by Crippen LogP contribution is 2.33. The number of amides is 1. The first-order valence-electron chi connectivity index (χ1n) is 13.8. The molecule has 2 saturated heterocycles. The molecule has 1 atom stereocenters. The highest BCUT2D eigenvalue weighted by Gasteiger charge is 2.23.